The van der Waals surface area contributed by atoms with Crippen LogP contribution in [0.25, 0.3) is 0 Å². The molecule has 0 radical (unpaired) electrons. The number of nitrogens with zero attached hydrogens (tertiary/aromatic N) is 3. The number of rotatable bonds is 7. The first kappa shape index (κ1) is 21.2. The summed E-state index contributed by atoms with van der Waals surface area (Å²) in [6.45, 7) is 0. The van der Waals surface area contributed by atoms with E-state index >= 15 is 0 Å². The quantitative estimate of drug-likeness (QED) is 0.531. The van der Waals surface area contributed by atoms with Crippen LogP contribution in [0.2, 0.25) is 10.0 Å². The third kappa shape index (κ3) is 5.72. The van der Waals surface area contributed by atoms with Crippen LogP contribution in [0, 0.1) is 0 Å². The van der Waals surface area contributed by atoms with E-state index in [1.54, 1.807) is 29.8 Å². The molecule has 0 aliphatic carbocycles. The van der Waals surface area contributed by atoms with Crippen LogP contribution in [0.3, 0.4) is 0 Å². The highest BCUT2D eigenvalue weighted by Gasteiger charge is 2.16. The number of carbonyl (C=O) groups is 2. The topological polar surface area (TPSA) is 88.9 Å². The maximum atomic E-state index is 12.3. The second-order valence-electron chi connectivity index (χ2n) is 5.99. The molecular weight excluding hydrogens is 433 g/mol. The van der Waals surface area contributed by atoms with Crippen LogP contribution >= 0.6 is 35.0 Å². The molecule has 0 aliphatic rings. The number of carbonyl (C=O) groups excluding carboxylic acids is 2. The number of benzene rings is 2. The first-order valence-electron chi connectivity index (χ1n) is 8.54. The van der Waals surface area contributed by atoms with Gasteiger partial charge in [0.25, 0.3) is 0 Å². The first-order valence-corrected chi connectivity index (χ1v) is 10.3. The minimum absolute atomic E-state index is 0.00309. The summed E-state index contributed by atoms with van der Waals surface area (Å²) in [4.78, 5) is 24.4. The van der Waals surface area contributed by atoms with Crippen LogP contribution in [0.1, 0.15) is 5.82 Å². The van der Waals surface area contributed by atoms with E-state index in [4.69, 9.17) is 23.2 Å². The van der Waals surface area contributed by atoms with Crippen molar-refractivity contribution in [3.8, 4) is 0 Å². The molecule has 0 unspecified atom stereocenters. The number of hydrogen-bond acceptors (Lipinski definition) is 5. The van der Waals surface area contributed by atoms with E-state index in [1.165, 1.54) is 11.8 Å². The van der Waals surface area contributed by atoms with Crippen molar-refractivity contribution in [2.75, 3.05) is 16.4 Å². The number of nitrogens with one attached hydrogen (secondary N) is 2. The van der Waals surface area contributed by atoms with Crippen molar-refractivity contribution in [3.63, 3.8) is 0 Å². The summed E-state index contributed by atoms with van der Waals surface area (Å²) in [5.41, 5.74) is 1.16. The van der Waals surface area contributed by atoms with Gasteiger partial charge in [0.05, 0.1) is 27.9 Å². The van der Waals surface area contributed by atoms with Crippen LogP contribution in [0.5, 0.6) is 0 Å². The normalized spacial score (nSPS) is 10.6. The van der Waals surface area contributed by atoms with Crippen LogP contribution in [-0.2, 0) is 23.1 Å². The minimum Gasteiger partial charge on any atom is -0.325 e. The monoisotopic (exact) mass is 449 g/mol. The van der Waals surface area contributed by atoms with E-state index in [2.05, 4.69) is 20.8 Å². The highest BCUT2D eigenvalue weighted by Crippen LogP contribution is 2.29. The number of thioether (sulfide) groups is 1. The highest BCUT2D eigenvalue weighted by atomic mass is 35.5. The van der Waals surface area contributed by atoms with Gasteiger partial charge in [0.1, 0.15) is 5.82 Å². The highest BCUT2D eigenvalue weighted by molar-refractivity contribution is 7.99. The molecule has 1 aromatic heterocycles. The summed E-state index contributed by atoms with van der Waals surface area (Å²) < 4.78 is 1.68. The predicted octanol–water partition coefficient (Wildman–Crippen LogP) is 4.03. The molecule has 10 heteroatoms. The van der Waals surface area contributed by atoms with Gasteiger partial charge in [-0.15, -0.1) is 10.2 Å². The molecule has 0 atom stereocenters. The largest absolute Gasteiger partial charge is 0.325 e. The summed E-state index contributed by atoms with van der Waals surface area (Å²) in [5.74, 6) is 0.180. The Balaban J connectivity index is 1.55. The van der Waals surface area contributed by atoms with Gasteiger partial charge < -0.3 is 15.2 Å². The lowest BCUT2D eigenvalue weighted by molar-refractivity contribution is -0.116. The van der Waals surface area contributed by atoms with Crippen LogP contribution in [0.15, 0.2) is 53.7 Å². The molecule has 0 spiro atoms. The van der Waals surface area contributed by atoms with E-state index < -0.39 is 0 Å². The molecule has 29 heavy (non-hydrogen) atoms. The second-order valence-corrected chi connectivity index (χ2v) is 7.71. The van der Waals surface area contributed by atoms with Crippen LogP contribution < -0.4 is 10.6 Å². The van der Waals surface area contributed by atoms with Crippen LogP contribution in [0.4, 0.5) is 11.4 Å². The Bertz CT molecular complexity index is 1030. The van der Waals surface area contributed by atoms with Crippen molar-refractivity contribution in [2.45, 2.75) is 11.6 Å². The lowest BCUT2D eigenvalue weighted by atomic mass is 10.3. The molecule has 3 rings (SSSR count). The molecule has 2 amide bonds. The Kier molecular flexibility index (Phi) is 7.13. The SMILES string of the molecule is Cn1c(CC(=O)Nc2cccc(Cl)c2Cl)nnc1SCC(=O)Nc1ccccc1. The van der Waals surface area contributed by atoms with Gasteiger partial charge in [0, 0.05) is 12.7 Å². The Morgan fingerprint density at radius 2 is 1.76 bits per heavy atom. The zero-order chi connectivity index (χ0) is 20.8. The lowest BCUT2D eigenvalue weighted by Crippen LogP contribution is -2.17. The molecule has 3 aromatic rings. The number of halogens is 2. The fraction of sp³-hybridized carbons (Fsp3) is 0.158. The van der Waals surface area contributed by atoms with Gasteiger partial charge in [-0.3, -0.25) is 9.59 Å². The fourth-order valence-electron chi connectivity index (χ4n) is 2.41. The van der Waals surface area contributed by atoms with Gasteiger partial charge >= 0.3 is 0 Å². The zero-order valence-electron chi connectivity index (χ0n) is 15.4. The van der Waals surface area contributed by atoms with Gasteiger partial charge in [-0.25, -0.2) is 0 Å². The Hall–Kier alpha value is -2.55. The third-order valence-corrected chi connectivity index (χ3v) is 5.70. The molecule has 2 aromatic carbocycles. The Labute approximate surface area is 181 Å². The lowest BCUT2D eigenvalue weighted by Gasteiger charge is -2.08. The average Bonchev–Trinajstić information content (AvgIpc) is 3.04. The van der Waals surface area contributed by atoms with E-state index in [9.17, 15) is 9.59 Å². The number of amides is 2. The van der Waals surface area contributed by atoms with Gasteiger partial charge in [-0.05, 0) is 24.3 Å². The van der Waals surface area contributed by atoms with E-state index in [0.29, 0.717) is 21.7 Å². The average molecular weight is 450 g/mol. The van der Waals surface area contributed by atoms with Crippen molar-refractivity contribution in [1.29, 1.82) is 0 Å². The van der Waals surface area contributed by atoms with Crippen LogP contribution in [-0.4, -0.2) is 32.3 Å². The Morgan fingerprint density at radius 3 is 2.52 bits per heavy atom. The first-order chi connectivity index (χ1) is 13.9. The number of hydrogen-bond donors (Lipinski definition) is 2. The van der Waals surface area contributed by atoms with Gasteiger partial charge in [-0.1, -0.05) is 59.2 Å². The summed E-state index contributed by atoms with van der Waals surface area (Å²) in [6.07, 6.45) is 0.00309. The molecule has 0 fully saturated rings. The van der Waals surface area contributed by atoms with Gasteiger partial charge in [0.15, 0.2) is 5.16 Å². The fourth-order valence-corrected chi connectivity index (χ4v) is 3.49. The van der Waals surface area contributed by atoms with Gasteiger partial charge in [0.2, 0.25) is 11.8 Å². The molecule has 1 heterocycles. The molecule has 0 aliphatic heterocycles. The zero-order valence-corrected chi connectivity index (χ0v) is 17.7. The van der Waals surface area contributed by atoms with E-state index in [0.717, 1.165) is 5.69 Å². The second kappa shape index (κ2) is 9.78. The van der Waals surface area contributed by atoms with Crippen molar-refractivity contribution >= 4 is 58.2 Å². The molecule has 0 saturated carbocycles. The molecule has 0 bridgehead atoms. The summed E-state index contributed by atoms with van der Waals surface area (Å²) in [6, 6.07) is 14.2. The molecule has 150 valence electrons. The smallest absolute Gasteiger partial charge is 0.234 e. The Morgan fingerprint density at radius 1 is 1.00 bits per heavy atom. The van der Waals surface area contributed by atoms with E-state index in [-0.39, 0.29) is 29.0 Å². The third-order valence-electron chi connectivity index (χ3n) is 3.86. The summed E-state index contributed by atoms with van der Waals surface area (Å²) >= 11 is 13.3. The van der Waals surface area contributed by atoms with Crippen molar-refractivity contribution in [2.24, 2.45) is 7.05 Å². The van der Waals surface area contributed by atoms with Crippen molar-refractivity contribution < 1.29 is 9.59 Å². The molecular formula is C19H17Cl2N5O2S. The maximum Gasteiger partial charge on any atom is 0.234 e. The number of anilines is 2. The maximum absolute atomic E-state index is 12.3. The standard InChI is InChI=1S/C19H17Cl2N5O2S/c1-26-15(10-16(27)23-14-9-5-8-13(20)18(14)21)24-25-19(26)29-11-17(28)22-12-6-3-2-4-7-12/h2-9H,10-11H2,1H3,(H,22,28)(H,23,27). The number of aromatic nitrogens is 3. The van der Waals surface area contributed by atoms with E-state index in [1.807, 2.05) is 30.3 Å². The van der Waals surface area contributed by atoms with Crippen molar-refractivity contribution in [3.05, 3.63) is 64.4 Å². The minimum atomic E-state index is -0.303. The van der Waals surface area contributed by atoms with Crippen molar-refractivity contribution in [1.82, 2.24) is 14.8 Å². The number of para-hydroxylation sites is 1. The molecule has 0 saturated heterocycles. The van der Waals surface area contributed by atoms with Gasteiger partial charge in [-0.2, -0.15) is 0 Å². The molecule has 7 nitrogen and oxygen atoms in total. The molecule has 2 N–H and O–H groups in total. The predicted molar refractivity (Wildman–Crippen MR) is 116 cm³/mol. The summed E-state index contributed by atoms with van der Waals surface area (Å²) in [5, 5.41) is 14.8. The summed E-state index contributed by atoms with van der Waals surface area (Å²) in [7, 11) is 1.74.